The van der Waals surface area contributed by atoms with Crippen molar-refractivity contribution in [3.63, 3.8) is 0 Å². The van der Waals surface area contributed by atoms with Crippen LogP contribution in [0.25, 0.3) is 0 Å². The van der Waals surface area contributed by atoms with Crippen LogP contribution in [0.1, 0.15) is 28.9 Å². The molecule has 0 fully saturated rings. The van der Waals surface area contributed by atoms with Crippen molar-refractivity contribution in [1.29, 1.82) is 0 Å². The summed E-state index contributed by atoms with van der Waals surface area (Å²) in [6, 6.07) is 21.0. The van der Waals surface area contributed by atoms with Gasteiger partial charge in [0.25, 0.3) is 15.9 Å². The lowest BCUT2D eigenvalue weighted by Gasteiger charge is -2.20. The van der Waals surface area contributed by atoms with E-state index in [9.17, 15) is 18.0 Å². The molecule has 0 spiro atoms. The number of ether oxygens (including phenoxy) is 1. The Hall–Kier alpha value is -3.36. The Morgan fingerprint density at radius 2 is 1.70 bits per heavy atom. The maximum atomic E-state index is 13.0. The summed E-state index contributed by atoms with van der Waals surface area (Å²) in [5, 5.41) is 3.14. The summed E-state index contributed by atoms with van der Waals surface area (Å²) in [7, 11) is -2.56. The van der Waals surface area contributed by atoms with Crippen LogP contribution in [0.15, 0.2) is 83.8 Å². The molecule has 0 saturated carbocycles. The lowest BCUT2D eigenvalue weighted by Crippen LogP contribution is -2.31. The molecule has 3 aromatic rings. The molecule has 0 aliphatic carbocycles. The van der Waals surface area contributed by atoms with Gasteiger partial charge in [-0.25, -0.2) is 13.2 Å². The van der Waals surface area contributed by atoms with Crippen molar-refractivity contribution >= 4 is 39.2 Å². The average Bonchev–Trinajstić information content (AvgIpc) is 2.82. The topological polar surface area (TPSA) is 92.8 Å². The molecule has 0 radical (unpaired) electrons. The Labute approximate surface area is 198 Å². The van der Waals surface area contributed by atoms with Gasteiger partial charge in [0.15, 0.2) is 6.61 Å². The molecule has 3 aromatic carbocycles. The summed E-state index contributed by atoms with van der Waals surface area (Å²) in [4.78, 5) is 24.5. The minimum absolute atomic E-state index is 0.0134. The van der Waals surface area contributed by atoms with Gasteiger partial charge in [0, 0.05) is 12.1 Å². The molecule has 1 amide bonds. The van der Waals surface area contributed by atoms with Crippen molar-refractivity contribution < 1.29 is 22.7 Å². The summed E-state index contributed by atoms with van der Waals surface area (Å²) < 4.78 is 32.2. The van der Waals surface area contributed by atoms with Crippen molar-refractivity contribution in [1.82, 2.24) is 5.32 Å². The van der Waals surface area contributed by atoms with Gasteiger partial charge in [-0.15, -0.1) is 0 Å². The molecule has 0 heterocycles. The molecule has 172 valence electrons. The van der Waals surface area contributed by atoms with E-state index in [1.807, 2.05) is 37.3 Å². The zero-order valence-electron chi connectivity index (χ0n) is 18.1. The second kappa shape index (κ2) is 10.5. The first kappa shape index (κ1) is 24.3. The lowest BCUT2D eigenvalue weighted by molar-refractivity contribution is -0.124. The van der Waals surface area contributed by atoms with Gasteiger partial charge in [-0.05, 0) is 48.9 Å². The second-order valence-corrected chi connectivity index (χ2v) is 9.66. The lowest BCUT2D eigenvalue weighted by atomic mass is 10.1. The molecule has 0 saturated heterocycles. The fourth-order valence-electron chi connectivity index (χ4n) is 3.08. The van der Waals surface area contributed by atoms with Crippen molar-refractivity contribution in [2.24, 2.45) is 0 Å². The quantitative estimate of drug-likeness (QED) is 0.482. The number of sulfonamides is 1. The summed E-state index contributed by atoms with van der Waals surface area (Å²) in [5.74, 6) is -1.27. The third kappa shape index (κ3) is 6.12. The minimum atomic E-state index is -3.95. The Morgan fingerprint density at radius 1 is 1.00 bits per heavy atom. The number of hydrogen-bond donors (Lipinski definition) is 1. The van der Waals surface area contributed by atoms with E-state index in [4.69, 9.17) is 16.3 Å². The van der Waals surface area contributed by atoms with Crippen LogP contribution in [0.3, 0.4) is 0 Å². The van der Waals surface area contributed by atoms with Crippen LogP contribution in [-0.2, 0) is 19.6 Å². The maximum absolute atomic E-state index is 13.0. The minimum Gasteiger partial charge on any atom is -0.452 e. The molecular weight excluding hydrogens is 464 g/mol. The van der Waals surface area contributed by atoms with Crippen LogP contribution >= 0.6 is 11.6 Å². The third-order valence-corrected chi connectivity index (χ3v) is 6.93. The molecule has 33 heavy (non-hydrogen) atoms. The van der Waals surface area contributed by atoms with E-state index in [-0.39, 0.29) is 16.5 Å². The van der Waals surface area contributed by atoms with Crippen LogP contribution in [0.2, 0.25) is 5.02 Å². The summed E-state index contributed by atoms with van der Waals surface area (Å²) in [6.07, 6.45) is 0. The zero-order chi connectivity index (χ0) is 24.0. The predicted molar refractivity (Wildman–Crippen MR) is 127 cm³/mol. The molecule has 0 aliphatic heterocycles. The summed E-state index contributed by atoms with van der Waals surface area (Å²) in [5.41, 5.74) is 1.30. The van der Waals surface area contributed by atoms with E-state index in [1.165, 1.54) is 37.4 Å². The first-order valence-electron chi connectivity index (χ1n) is 10.0. The first-order chi connectivity index (χ1) is 15.7. The fourth-order valence-corrected chi connectivity index (χ4v) is 4.49. The average molecular weight is 487 g/mol. The number of nitrogens with zero attached hydrogens (tertiary/aromatic N) is 1. The smallest absolute Gasteiger partial charge is 0.338 e. The van der Waals surface area contributed by atoms with Crippen molar-refractivity contribution in [3.05, 3.63) is 95.0 Å². The van der Waals surface area contributed by atoms with Gasteiger partial charge in [-0.1, -0.05) is 54.1 Å². The van der Waals surface area contributed by atoms with E-state index in [0.717, 1.165) is 9.87 Å². The summed E-state index contributed by atoms with van der Waals surface area (Å²) >= 11 is 5.96. The second-order valence-electron chi connectivity index (χ2n) is 7.26. The normalized spacial score (nSPS) is 12.0. The van der Waals surface area contributed by atoms with E-state index in [1.54, 1.807) is 18.2 Å². The molecule has 0 bridgehead atoms. The number of nitrogens with one attached hydrogen (secondary N) is 1. The number of carbonyl (C=O) groups is 2. The van der Waals surface area contributed by atoms with Gasteiger partial charge in [-0.2, -0.15) is 0 Å². The van der Waals surface area contributed by atoms with E-state index >= 15 is 0 Å². The van der Waals surface area contributed by atoms with Crippen LogP contribution < -0.4 is 9.62 Å². The monoisotopic (exact) mass is 486 g/mol. The van der Waals surface area contributed by atoms with Gasteiger partial charge in [-0.3, -0.25) is 9.10 Å². The van der Waals surface area contributed by atoms with Gasteiger partial charge in [0.05, 0.1) is 22.2 Å². The van der Waals surface area contributed by atoms with Gasteiger partial charge in [0.1, 0.15) is 0 Å². The SMILES string of the molecule is C[C@@H](NC(=O)COC(=O)c1cccc(S(=O)(=O)N(C)c2cccc(Cl)c2)c1)c1ccccc1. The number of halogens is 1. The molecule has 0 aliphatic rings. The van der Waals surface area contributed by atoms with E-state index < -0.39 is 28.5 Å². The van der Waals surface area contributed by atoms with Gasteiger partial charge < -0.3 is 10.1 Å². The van der Waals surface area contributed by atoms with Crippen molar-refractivity contribution in [3.8, 4) is 0 Å². The maximum Gasteiger partial charge on any atom is 0.338 e. The van der Waals surface area contributed by atoms with Crippen LogP contribution in [0, 0.1) is 0 Å². The highest BCUT2D eigenvalue weighted by Crippen LogP contribution is 2.25. The van der Waals surface area contributed by atoms with Crippen molar-refractivity contribution in [2.45, 2.75) is 17.9 Å². The summed E-state index contributed by atoms with van der Waals surface area (Å²) in [6.45, 7) is 1.33. The largest absolute Gasteiger partial charge is 0.452 e. The number of amides is 1. The zero-order valence-corrected chi connectivity index (χ0v) is 19.6. The third-order valence-electron chi connectivity index (χ3n) is 4.91. The molecule has 0 unspecified atom stereocenters. The van der Waals surface area contributed by atoms with Crippen LogP contribution in [0.4, 0.5) is 5.69 Å². The van der Waals surface area contributed by atoms with Gasteiger partial charge >= 0.3 is 5.97 Å². The molecule has 1 N–H and O–H groups in total. The molecule has 3 rings (SSSR count). The number of hydrogen-bond acceptors (Lipinski definition) is 5. The van der Waals surface area contributed by atoms with Gasteiger partial charge in [0.2, 0.25) is 0 Å². The number of carbonyl (C=O) groups excluding carboxylic acids is 2. The molecular formula is C24H23ClN2O5S. The molecule has 9 heteroatoms. The molecule has 1 atom stereocenters. The molecule has 7 nitrogen and oxygen atoms in total. The number of anilines is 1. The van der Waals surface area contributed by atoms with Crippen molar-refractivity contribution in [2.75, 3.05) is 18.0 Å². The van der Waals surface area contributed by atoms with Crippen LogP contribution in [-0.4, -0.2) is 33.9 Å². The standard InChI is InChI=1S/C24H23ClN2O5S/c1-17(18-8-4-3-5-9-18)26-23(28)16-32-24(29)19-10-6-13-22(14-19)33(30,31)27(2)21-12-7-11-20(25)15-21/h3-15,17H,16H2,1-2H3,(H,26,28)/t17-/m1/s1. The Morgan fingerprint density at radius 3 is 2.39 bits per heavy atom. The fraction of sp³-hybridized carbons (Fsp3) is 0.167. The number of benzene rings is 3. The Kier molecular flexibility index (Phi) is 7.73. The Bertz CT molecular complexity index is 1250. The highest BCUT2D eigenvalue weighted by atomic mass is 35.5. The highest BCUT2D eigenvalue weighted by Gasteiger charge is 2.23. The first-order valence-corrected chi connectivity index (χ1v) is 11.9. The van der Waals surface area contributed by atoms with E-state index in [0.29, 0.717) is 10.7 Å². The number of rotatable bonds is 8. The van der Waals surface area contributed by atoms with E-state index in [2.05, 4.69) is 5.32 Å². The highest BCUT2D eigenvalue weighted by molar-refractivity contribution is 7.92. The molecule has 0 aromatic heterocycles. The number of esters is 1. The predicted octanol–water partition coefficient (Wildman–Crippen LogP) is 4.20. The Balaban J connectivity index is 1.66. The van der Waals surface area contributed by atoms with Crippen LogP contribution in [0.5, 0.6) is 0 Å².